The summed E-state index contributed by atoms with van der Waals surface area (Å²) in [6.07, 6.45) is 0.164. The van der Waals surface area contributed by atoms with Crippen molar-refractivity contribution in [1.29, 1.82) is 0 Å². The van der Waals surface area contributed by atoms with Crippen molar-refractivity contribution in [3.63, 3.8) is 0 Å². The second kappa shape index (κ2) is 6.07. The van der Waals surface area contributed by atoms with Crippen LogP contribution in [0.2, 0.25) is 0 Å². The number of rotatable bonds is 5. The van der Waals surface area contributed by atoms with Crippen molar-refractivity contribution >= 4 is 22.8 Å². The Labute approximate surface area is 130 Å². The molecule has 2 aromatic rings. The first kappa shape index (κ1) is 16.5. The van der Waals surface area contributed by atoms with E-state index in [2.05, 4.69) is 10.3 Å². The van der Waals surface area contributed by atoms with Crippen LogP contribution in [-0.4, -0.2) is 32.1 Å². The van der Waals surface area contributed by atoms with Crippen LogP contribution in [0.25, 0.3) is 10.9 Å². The molecule has 8 nitrogen and oxygen atoms in total. The molecule has 0 aliphatic carbocycles. The van der Waals surface area contributed by atoms with E-state index in [-0.39, 0.29) is 11.8 Å². The van der Waals surface area contributed by atoms with E-state index in [1.54, 1.807) is 25.1 Å². The lowest BCUT2D eigenvalue weighted by atomic mass is 9.99. The fraction of sp³-hybridized carbons (Fsp3) is 0.333. The molecule has 1 unspecified atom stereocenters. The van der Waals surface area contributed by atoms with Crippen LogP contribution in [0.4, 0.5) is 0 Å². The monoisotopic (exact) mass is 319 g/mol. The Morgan fingerprint density at radius 3 is 2.57 bits per heavy atom. The zero-order valence-electron chi connectivity index (χ0n) is 12.8. The van der Waals surface area contributed by atoms with E-state index in [0.717, 1.165) is 4.57 Å². The summed E-state index contributed by atoms with van der Waals surface area (Å²) in [5.74, 6) is -1.91. The van der Waals surface area contributed by atoms with Gasteiger partial charge in [0.1, 0.15) is 12.1 Å². The van der Waals surface area contributed by atoms with Crippen LogP contribution in [0.3, 0.4) is 0 Å². The number of carbonyl (C=O) groups is 2. The van der Waals surface area contributed by atoms with Gasteiger partial charge in [-0.1, -0.05) is 19.1 Å². The quantitative estimate of drug-likeness (QED) is 0.719. The topological polar surface area (TPSA) is 121 Å². The van der Waals surface area contributed by atoms with Gasteiger partial charge in [0.2, 0.25) is 5.91 Å². The second-order valence-electron chi connectivity index (χ2n) is 5.41. The van der Waals surface area contributed by atoms with Crippen molar-refractivity contribution in [3.8, 4) is 0 Å². The van der Waals surface area contributed by atoms with Crippen LogP contribution in [0.1, 0.15) is 20.3 Å². The lowest BCUT2D eigenvalue weighted by Gasteiger charge is -2.24. The fourth-order valence-electron chi connectivity index (χ4n) is 2.13. The summed E-state index contributed by atoms with van der Waals surface area (Å²) in [6.45, 7) is 2.42. The van der Waals surface area contributed by atoms with Crippen molar-refractivity contribution in [2.24, 2.45) is 0 Å². The van der Waals surface area contributed by atoms with Crippen LogP contribution in [0.15, 0.2) is 33.9 Å². The van der Waals surface area contributed by atoms with E-state index in [4.69, 9.17) is 5.11 Å². The van der Waals surface area contributed by atoms with Gasteiger partial charge < -0.3 is 15.4 Å². The van der Waals surface area contributed by atoms with E-state index in [9.17, 15) is 19.2 Å². The molecule has 0 saturated carbocycles. The third-order valence-electron chi connectivity index (χ3n) is 3.79. The van der Waals surface area contributed by atoms with Gasteiger partial charge in [-0.15, -0.1) is 0 Å². The number of aliphatic carboxylic acids is 1. The van der Waals surface area contributed by atoms with Crippen LogP contribution >= 0.6 is 0 Å². The second-order valence-corrected chi connectivity index (χ2v) is 5.41. The number of benzene rings is 1. The average Bonchev–Trinajstić information content (AvgIpc) is 2.51. The minimum atomic E-state index is -1.45. The van der Waals surface area contributed by atoms with E-state index >= 15 is 0 Å². The van der Waals surface area contributed by atoms with E-state index in [1.165, 1.54) is 13.0 Å². The Balaban J connectivity index is 2.36. The van der Waals surface area contributed by atoms with Crippen molar-refractivity contribution in [1.82, 2.24) is 14.9 Å². The fourth-order valence-corrected chi connectivity index (χ4v) is 2.13. The first-order valence-corrected chi connectivity index (χ1v) is 7.05. The molecule has 0 bridgehead atoms. The molecule has 0 radical (unpaired) electrons. The maximum Gasteiger partial charge on any atom is 0.329 e. The molecule has 0 aliphatic rings. The summed E-state index contributed by atoms with van der Waals surface area (Å²) in [7, 11) is 0. The standard InChI is InChI=1S/C15H17N3O5/c1-3-15(2,13(21)22)17-11(19)8-18-12(20)9-6-4-5-7-10(9)16-14(18)23/h4-7H,3,8H2,1-2H3,(H,16,23)(H,17,19)(H,21,22). The first-order chi connectivity index (χ1) is 10.8. The summed E-state index contributed by atoms with van der Waals surface area (Å²) in [4.78, 5) is 50.0. The number of H-pyrrole nitrogens is 1. The van der Waals surface area contributed by atoms with Crippen LogP contribution in [-0.2, 0) is 16.1 Å². The lowest BCUT2D eigenvalue weighted by Crippen LogP contribution is -2.53. The Bertz CT molecular complexity index is 883. The number of aromatic nitrogens is 2. The van der Waals surface area contributed by atoms with Crippen LogP contribution < -0.4 is 16.6 Å². The number of amides is 1. The molecule has 1 aromatic carbocycles. The smallest absolute Gasteiger partial charge is 0.329 e. The molecule has 122 valence electrons. The highest BCUT2D eigenvalue weighted by molar-refractivity contribution is 5.86. The van der Waals surface area contributed by atoms with Gasteiger partial charge in [-0.3, -0.25) is 14.2 Å². The van der Waals surface area contributed by atoms with E-state index in [1.807, 2.05) is 0 Å². The number of fused-ring (bicyclic) bond motifs is 1. The number of hydrogen-bond acceptors (Lipinski definition) is 4. The number of aromatic amines is 1. The first-order valence-electron chi connectivity index (χ1n) is 7.05. The predicted molar refractivity (Wildman–Crippen MR) is 83.3 cm³/mol. The normalized spacial score (nSPS) is 13.5. The van der Waals surface area contributed by atoms with Gasteiger partial charge >= 0.3 is 11.7 Å². The van der Waals surface area contributed by atoms with E-state index in [0.29, 0.717) is 5.52 Å². The molecule has 1 aromatic heterocycles. The summed E-state index contributed by atoms with van der Waals surface area (Å²) < 4.78 is 0.746. The maximum atomic E-state index is 12.3. The molecule has 0 aliphatic heterocycles. The van der Waals surface area contributed by atoms with Crippen molar-refractivity contribution in [3.05, 3.63) is 45.1 Å². The van der Waals surface area contributed by atoms with Gasteiger partial charge in [-0.25, -0.2) is 9.59 Å². The molecule has 8 heteroatoms. The zero-order chi connectivity index (χ0) is 17.2. The van der Waals surface area contributed by atoms with Crippen LogP contribution in [0, 0.1) is 0 Å². The highest BCUT2D eigenvalue weighted by Crippen LogP contribution is 2.09. The summed E-state index contributed by atoms with van der Waals surface area (Å²) in [5, 5.41) is 11.8. The lowest BCUT2D eigenvalue weighted by molar-refractivity contribution is -0.147. The molecule has 1 amide bonds. The van der Waals surface area contributed by atoms with Crippen molar-refractivity contribution in [2.45, 2.75) is 32.4 Å². The zero-order valence-corrected chi connectivity index (χ0v) is 12.8. The third-order valence-corrected chi connectivity index (χ3v) is 3.79. The number of carbonyl (C=O) groups excluding carboxylic acids is 1. The van der Waals surface area contributed by atoms with Crippen LogP contribution in [0.5, 0.6) is 0 Å². The molecule has 2 rings (SSSR count). The van der Waals surface area contributed by atoms with Crippen molar-refractivity contribution < 1.29 is 14.7 Å². The highest BCUT2D eigenvalue weighted by atomic mass is 16.4. The molecular formula is C15H17N3O5. The Morgan fingerprint density at radius 2 is 1.96 bits per heavy atom. The molecule has 0 fully saturated rings. The highest BCUT2D eigenvalue weighted by Gasteiger charge is 2.32. The van der Waals surface area contributed by atoms with Gasteiger partial charge in [0.15, 0.2) is 0 Å². The Kier molecular flexibility index (Phi) is 4.35. The third kappa shape index (κ3) is 3.15. The average molecular weight is 319 g/mol. The predicted octanol–water partition coefficient (Wildman–Crippen LogP) is 0.0593. The molecule has 1 atom stereocenters. The van der Waals surface area contributed by atoms with E-state index < -0.39 is 35.2 Å². The van der Waals surface area contributed by atoms with Gasteiger partial charge in [0.25, 0.3) is 5.56 Å². The Hall–Kier alpha value is -2.90. The maximum absolute atomic E-state index is 12.3. The minimum Gasteiger partial charge on any atom is -0.480 e. The molecule has 0 saturated heterocycles. The number of para-hydroxylation sites is 1. The largest absolute Gasteiger partial charge is 0.480 e. The number of nitrogens with one attached hydrogen (secondary N) is 2. The van der Waals surface area contributed by atoms with Gasteiger partial charge in [-0.05, 0) is 25.5 Å². The minimum absolute atomic E-state index is 0.164. The summed E-state index contributed by atoms with van der Waals surface area (Å²) in [6, 6.07) is 6.44. The molecule has 3 N–H and O–H groups in total. The molecule has 1 heterocycles. The van der Waals surface area contributed by atoms with Gasteiger partial charge in [0, 0.05) is 0 Å². The molecule has 23 heavy (non-hydrogen) atoms. The van der Waals surface area contributed by atoms with Gasteiger partial charge in [0.05, 0.1) is 10.9 Å². The number of nitrogens with zero attached hydrogens (tertiary/aromatic N) is 1. The SMILES string of the molecule is CCC(C)(NC(=O)Cn1c(=O)[nH]c2ccccc2c1=O)C(=O)O. The number of carboxylic acid groups (broad SMARTS) is 1. The molecular weight excluding hydrogens is 302 g/mol. The van der Waals surface area contributed by atoms with Crippen molar-refractivity contribution in [2.75, 3.05) is 0 Å². The summed E-state index contributed by atoms with van der Waals surface area (Å²) in [5.41, 5.74) is -2.40. The molecule has 0 spiro atoms. The van der Waals surface area contributed by atoms with Gasteiger partial charge in [-0.2, -0.15) is 0 Å². The number of hydrogen-bond donors (Lipinski definition) is 3. The summed E-state index contributed by atoms with van der Waals surface area (Å²) >= 11 is 0. The number of carboxylic acids is 1. The Morgan fingerprint density at radius 1 is 1.30 bits per heavy atom.